The zero-order valence-corrected chi connectivity index (χ0v) is 11.6. The Kier molecular flexibility index (Phi) is 4.52. The number of amides is 1. The number of carbonyl (C=O) groups excluding carboxylic acids is 2. The third kappa shape index (κ3) is 2.72. The number of aryl methyl sites for hydroxylation is 1. The first-order chi connectivity index (χ1) is 9.69. The minimum Gasteiger partial charge on any atom is -0.312 e. The summed E-state index contributed by atoms with van der Waals surface area (Å²) in [4.78, 5) is 26.1. The molecule has 1 fully saturated rings. The van der Waals surface area contributed by atoms with Gasteiger partial charge in [-0.2, -0.15) is 5.26 Å². The summed E-state index contributed by atoms with van der Waals surface area (Å²) >= 11 is 0. The van der Waals surface area contributed by atoms with E-state index in [1.165, 1.54) is 0 Å². The topological polar surface area (TPSA) is 61.2 Å². The number of hydrogen-bond acceptors (Lipinski definition) is 3. The van der Waals surface area contributed by atoms with Gasteiger partial charge in [-0.1, -0.05) is 25.1 Å². The number of ketones is 1. The molecule has 0 aromatic heterocycles. The average molecular weight is 270 g/mol. The number of piperidine rings is 1. The summed E-state index contributed by atoms with van der Waals surface area (Å²) in [5, 5.41) is 8.62. The second-order valence-corrected chi connectivity index (χ2v) is 4.97. The highest BCUT2D eigenvalue weighted by Crippen LogP contribution is 2.28. The molecule has 104 valence electrons. The first-order valence-electron chi connectivity index (χ1n) is 6.98. The van der Waals surface area contributed by atoms with Gasteiger partial charge in [-0.15, -0.1) is 0 Å². The number of hydrogen-bond donors (Lipinski definition) is 0. The second-order valence-electron chi connectivity index (χ2n) is 4.97. The van der Waals surface area contributed by atoms with Crippen molar-refractivity contribution in [3.05, 3.63) is 29.8 Å². The Morgan fingerprint density at radius 2 is 2.20 bits per heavy atom. The lowest BCUT2D eigenvalue weighted by molar-refractivity contribution is -0.133. The molecule has 0 saturated carbocycles. The zero-order valence-electron chi connectivity index (χ0n) is 11.6. The van der Waals surface area contributed by atoms with E-state index in [-0.39, 0.29) is 18.1 Å². The summed E-state index contributed by atoms with van der Waals surface area (Å²) in [7, 11) is 0. The SMILES string of the molecule is CCc1ccccc1N1CCC[C@H](C(=O)CC#N)C1=O. The van der Waals surface area contributed by atoms with E-state index in [9.17, 15) is 9.59 Å². The standard InChI is InChI=1S/C16H18N2O2/c1-2-12-6-3-4-8-14(12)18-11-5-7-13(16(18)20)15(19)9-10-17/h3-4,6,8,13H,2,5,7,9,11H2,1H3/t13-/m1/s1. The van der Waals surface area contributed by atoms with Gasteiger partial charge in [0.15, 0.2) is 5.78 Å². The van der Waals surface area contributed by atoms with Crippen molar-refractivity contribution in [1.82, 2.24) is 0 Å². The Bertz CT molecular complexity index is 560. The number of carbonyl (C=O) groups is 2. The molecule has 4 heteroatoms. The van der Waals surface area contributed by atoms with Gasteiger partial charge in [0.05, 0.1) is 18.4 Å². The van der Waals surface area contributed by atoms with Gasteiger partial charge in [0.25, 0.3) is 0 Å². The van der Waals surface area contributed by atoms with Crippen molar-refractivity contribution in [2.45, 2.75) is 32.6 Å². The fourth-order valence-electron chi connectivity index (χ4n) is 2.69. The highest BCUT2D eigenvalue weighted by atomic mass is 16.2. The molecule has 0 bridgehead atoms. The lowest BCUT2D eigenvalue weighted by Gasteiger charge is -2.32. The fraction of sp³-hybridized carbons (Fsp3) is 0.438. The van der Waals surface area contributed by atoms with Crippen LogP contribution in [0.5, 0.6) is 0 Å². The summed E-state index contributed by atoms with van der Waals surface area (Å²) in [5.74, 6) is -1.05. The monoisotopic (exact) mass is 270 g/mol. The van der Waals surface area contributed by atoms with E-state index in [0.29, 0.717) is 13.0 Å². The fourth-order valence-corrected chi connectivity index (χ4v) is 2.69. The molecule has 1 aromatic carbocycles. The Morgan fingerprint density at radius 1 is 1.45 bits per heavy atom. The summed E-state index contributed by atoms with van der Waals surface area (Å²) in [5.41, 5.74) is 2.00. The Labute approximate surface area is 119 Å². The smallest absolute Gasteiger partial charge is 0.237 e. The van der Waals surface area contributed by atoms with Gasteiger partial charge in [-0.25, -0.2) is 0 Å². The predicted octanol–water partition coefficient (Wildman–Crippen LogP) is 2.47. The van der Waals surface area contributed by atoms with Crippen LogP contribution in [0.2, 0.25) is 0 Å². The first-order valence-corrected chi connectivity index (χ1v) is 6.98. The molecule has 1 aromatic rings. The molecule has 2 rings (SSSR count). The van der Waals surface area contributed by atoms with Crippen LogP contribution < -0.4 is 4.90 Å². The average Bonchev–Trinajstić information content (AvgIpc) is 2.47. The lowest BCUT2D eigenvalue weighted by atomic mass is 9.90. The van der Waals surface area contributed by atoms with Gasteiger partial charge in [0, 0.05) is 12.2 Å². The summed E-state index contributed by atoms with van der Waals surface area (Å²) in [6.07, 6.45) is 2.02. The van der Waals surface area contributed by atoms with Crippen LogP contribution >= 0.6 is 0 Å². The van der Waals surface area contributed by atoms with E-state index in [0.717, 1.165) is 24.1 Å². The van der Waals surface area contributed by atoms with E-state index in [1.807, 2.05) is 37.3 Å². The molecule has 0 unspecified atom stereocenters. The van der Waals surface area contributed by atoms with Crippen LogP contribution in [0.1, 0.15) is 31.7 Å². The van der Waals surface area contributed by atoms with Crippen molar-refractivity contribution < 1.29 is 9.59 Å². The molecular weight excluding hydrogens is 252 g/mol. The van der Waals surface area contributed by atoms with Gasteiger partial charge in [0.1, 0.15) is 0 Å². The van der Waals surface area contributed by atoms with Crippen LogP contribution in [0.15, 0.2) is 24.3 Å². The van der Waals surface area contributed by atoms with Gasteiger partial charge < -0.3 is 4.90 Å². The van der Waals surface area contributed by atoms with E-state index in [2.05, 4.69) is 0 Å². The van der Waals surface area contributed by atoms with E-state index in [1.54, 1.807) is 4.90 Å². The number of benzene rings is 1. The Morgan fingerprint density at radius 3 is 2.90 bits per heavy atom. The lowest BCUT2D eigenvalue weighted by Crippen LogP contribution is -2.44. The summed E-state index contributed by atoms with van der Waals surface area (Å²) < 4.78 is 0. The number of rotatable bonds is 4. The van der Waals surface area contributed by atoms with Crippen molar-refractivity contribution in [3.63, 3.8) is 0 Å². The van der Waals surface area contributed by atoms with Gasteiger partial charge in [-0.05, 0) is 30.9 Å². The van der Waals surface area contributed by atoms with Crippen molar-refractivity contribution in [1.29, 1.82) is 5.26 Å². The second kappa shape index (κ2) is 6.33. The van der Waals surface area contributed by atoms with Crippen LogP contribution in [0.4, 0.5) is 5.69 Å². The molecule has 1 saturated heterocycles. The van der Waals surface area contributed by atoms with Crippen LogP contribution in [0.25, 0.3) is 0 Å². The van der Waals surface area contributed by atoms with E-state index >= 15 is 0 Å². The van der Waals surface area contributed by atoms with E-state index < -0.39 is 5.92 Å². The minimum atomic E-state index is -0.645. The molecule has 0 N–H and O–H groups in total. The molecule has 1 atom stereocenters. The predicted molar refractivity (Wildman–Crippen MR) is 76.1 cm³/mol. The van der Waals surface area contributed by atoms with Crippen molar-refractivity contribution in [2.75, 3.05) is 11.4 Å². The quantitative estimate of drug-likeness (QED) is 0.790. The highest BCUT2D eigenvalue weighted by Gasteiger charge is 2.34. The third-order valence-corrected chi connectivity index (χ3v) is 3.74. The maximum absolute atomic E-state index is 12.5. The minimum absolute atomic E-state index is 0.155. The van der Waals surface area contributed by atoms with Gasteiger partial charge in [0.2, 0.25) is 5.91 Å². The molecule has 0 aliphatic carbocycles. The number of para-hydroxylation sites is 1. The molecule has 0 radical (unpaired) electrons. The zero-order chi connectivity index (χ0) is 14.5. The highest BCUT2D eigenvalue weighted by molar-refractivity contribution is 6.09. The Balaban J connectivity index is 2.27. The molecular formula is C16H18N2O2. The van der Waals surface area contributed by atoms with Crippen molar-refractivity contribution >= 4 is 17.4 Å². The van der Waals surface area contributed by atoms with Gasteiger partial charge >= 0.3 is 0 Å². The summed E-state index contributed by atoms with van der Waals surface area (Å²) in [6, 6.07) is 9.63. The molecule has 20 heavy (non-hydrogen) atoms. The van der Waals surface area contributed by atoms with E-state index in [4.69, 9.17) is 5.26 Å². The number of anilines is 1. The van der Waals surface area contributed by atoms with Crippen LogP contribution in [-0.4, -0.2) is 18.2 Å². The molecule has 1 aliphatic heterocycles. The number of Topliss-reactive ketones (excluding diaryl/α,β-unsaturated/α-hetero) is 1. The maximum Gasteiger partial charge on any atom is 0.237 e. The first kappa shape index (κ1) is 14.3. The number of nitrogens with zero attached hydrogens (tertiary/aromatic N) is 2. The van der Waals surface area contributed by atoms with Crippen LogP contribution in [0.3, 0.4) is 0 Å². The third-order valence-electron chi connectivity index (χ3n) is 3.74. The molecule has 1 amide bonds. The van der Waals surface area contributed by atoms with Crippen LogP contribution in [0, 0.1) is 17.2 Å². The van der Waals surface area contributed by atoms with Crippen molar-refractivity contribution in [2.24, 2.45) is 5.92 Å². The maximum atomic E-state index is 12.5. The number of nitriles is 1. The van der Waals surface area contributed by atoms with Crippen molar-refractivity contribution in [3.8, 4) is 6.07 Å². The Hall–Kier alpha value is -2.15. The van der Waals surface area contributed by atoms with Crippen LogP contribution in [-0.2, 0) is 16.0 Å². The normalized spacial score (nSPS) is 18.7. The molecule has 1 aliphatic rings. The largest absolute Gasteiger partial charge is 0.312 e. The molecule has 4 nitrogen and oxygen atoms in total. The molecule has 0 spiro atoms. The summed E-state index contributed by atoms with van der Waals surface area (Å²) in [6.45, 7) is 2.69. The molecule has 1 heterocycles. The van der Waals surface area contributed by atoms with Gasteiger partial charge in [-0.3, -0.25) is 9.59 Å².